The number of urea groups is 1. The van der Waals surface area contributed by atoms with Gasteiger partial charge in [-0.25, -0.2) is 4.79 Å². The molecule has 0 heterocycles. The van der Waals surface area contributed by atoms with Gasteiger partial charge in [0, 0.05) is 18.6 Å². The maximum Gasteiger partial charge on any atom is 0.317 e. The number of rotatable bonds is 5. The molecule has 1 aromatic carbocycles. The Balaban J connectivity index is 2.67. The molecule has 0 saturated heterocycles. The number of carbonyl (C=O) groups is 1. The maximum atomic E-state index is 11.8. The van der Waals surface area contributed by atoms with Crippen LogP contribution in [0.25, 0.3) is 0 Å². The zero-order valence-corrected chi connectivity index (χ0v) is 11.4. The average molecular weight is 271 g/mol. The molecule has 5 heteroatoms. The van der Waals surface area contributed by atoms with Crippen LogP contribution in [-0.2, 0) is 0 Å². The van der Waals surface area contributed by atoms with E-state index in [1.807, 2.05) is 31.2 Å². The van der Waals surface area contributed by atoms with E-state index < -0.39 is 0 Å². The SMILES string of the molecule is CCC(NC(=O)N(C)CCO)c1ccc(Cl)cc1. The van der Waals surface area contributed by atoms with E-state index in [0.717, 1.165) is 12.0 Å². The molecule has 0 aliphatic carbocycles. The second kappa shape index (κ2) is 7.24. The minimum atomic E-state index is -0.189. The van der Waals surface area contributed by atoms with Gasteiger partial charge >= 0.3 is 6.03 Å². The molecule has 0 aromatic heterocycles. The third-order valence-electron chi connectivity index (χ3n) is 2.76. The van der Waals surface area contributed by atoms with Crippen LogP contribution in [0.4, 0.5) is 4.79 Å². The molecule has 4 nitrogen and oxygen atoms in total. The number of carbonyl (C=O) groups excluding carboxylic acids is 1. The summed E-state index contributed by atoms with van der Waals surface area (Å²) in [6.07, 6.45) is 0.792. The molecule has 0 aliphatic rings. The van der Waals surface area contributed by atoms with Gasteiger partial charge in [-0.3, -0.25) is 0 Å². The summed E-state index contributed by atoms with van der Waals surface area (Å²) in [5, 5.41) is 12.4. The lowest BCUT2D eigenvalue weighted by Crippen LogP contribution is -2.40. The fourth-order valence-electron chi connectivity index (χ4n) is 1.63. The first-order valence-corrected chi connectivity index (χ1v) is 6.34. The van der Waals surface area contributed by atoms with Gasteiger partial charge in [0.05, 0.1) is 12.6 Å². The summed E-state index contributed by atoms with van der Waals surface area (Å²) in [7, 11) is 1.65. The summed E-state index contributed by atoms with van der Waals surface area (Å²) < 4.78 is 0. The van der Waals surface area contributed by atoms with Crippen molar-refractivity contribution in [3.8, 4) is 0 Å². The van der Waals surface area contributed by atoms with E-state index in [4.69, 9.17) is 16.7 Å². The van der Waals surface area contributed by atoms with Gasteiger partial charge in [0.15, 0.2) is 0 Å². The van der Waals surface area contributed by atoms with Gasteiger partial charge in [-0.2, -0.15) is 0 Å². The lowest BCUT2D eigenvalue weighted by atomic mass is 10.1. The molecular weight excluding hydrogens is 252 g/mol. The van der Waals surface area contributed by atoms with Crippen molar-refractivity contribution in [2.24, 2.45) is 0 Å². The van der Waals surface area contributed by atoms with Crippen LogP contribution < -0.4 is 5.32 Å². The highest BCUT2D eigenvalue weighted by atomic mass is 35.5. The first-order chi connectivity index (χ1) is 8.58. The Hall–Kier alpha value is -1.26. The van der Waals surface area contributed by atoms with E-state index in [-0.39, 0.29) is 18.7 Å². The molecule has 18 heavy (non-hydrogen) atoms. The Labute approximate surface area is 113 Å². The van der Waals surface area contributed by atoms with Gasteiger partial charge in [-0.1, -0.05) is 30.7 Å². The molecular formula is C13H19ClN2O2. The summed E-state index contributed by atoms with van der Waals surface area (Å²) >= 11 is 5.83. The van der Waals surface area contributed by atoms with Crippen molar-refractivity contribution < 1.29 is 9.90 Å². The molecule has 0 saturated carbocycles. The highest BCUT2D eigenvalue weighted by molar-refractivity contribution is 6.30. The van der Waals surface area contributed by atoms with E-state index in [2.05, 4.69) is 5.32 Å². The van der Waals surface area contributed by atoms with Crippen molar-refractivity contribution in [3.63, 3.8) is 0 Å². The quantitative estimate of drug-likeness (QED) is 0.863. The second-order valence-electron chi connectivity index (χ2n) is 4.11. The predicted octanol–water partition coefficient (Wildman–Crippen LogP) is 2.42. The number of halogens is 1. The van der Waals surface area contributed by atoms with Crippen LogP contribution in [0.5, 0.6) is 0 Å². The minimum absolute atomic E-state index is 0.0400. The molecule has 2 N–H and O–H groups in total. The summed E-state index contributed by atoms with van der Waals surface area (Å²) in [5.41, 5.74) is 1.02. The van der Waals surface area contributed by atoms with Crippen molar-refractivity contribution >= 4 is 17.6 Å². The number of amides is 2. The van der Waals surface area contributed by atoms with Crippen molar-refractivity contribution in [1.82, 2.24) is 10.2 Å². The van der Waals surface area contributed by atoms with E-state index in [9.17, 15) is 4.79 Å². The summed E-state index contributed by atoms with van der Waals surface area (Å²) in [4.78, 5) is 13.3. The van der Waals surface area contributed by atoms with Crippen molar-refractivity contribution in [1.29, 1.82) is 0 Å². The third-order valence-corrected chi connectivity index (χ3v) is 3.01. The maximum absolute atomic E-state index is 11.8. The van der Waals surface area contributed by atoms with Crippen LogP contribution in [-0.4, -0.2) is 36.2 Å². The fraction of sp³-hybridized carbons (Fsp3) is 0.462. The van der Waals surface area contributed by atoms with E-state index in [0.29, 0.717) is 11.6 Å². The fourth-order valence-corrected chi connectivity index (χ4v) is 1.75. The first kappa shape index (κ1) is 14.8. The topological polar surface area (TPSA) is 52.6 Å². The zero-order valence-electron chi connectivity index (χ0n) is 10.7. The van der Waals surface area contributed by atoms with Crippen LogP contribution >= 0.6 is 11.6 Å². The Bertz CT molecular complexity index is 381. The molecule has 1 unspecified atom stereocenters. The zero-order chi connectivity index (χ0) is 13.5. The molecule has 0 fully saturated rings. The molecule has 1 atom stereocenters. The van der Waals surface area contributed by atoms with Crippen LogP contribution in [0, 0.1) is 0 Å². The van der Waals surface area contributed by atoms with Crippen LogP contribution in [0.15, 0.2) is 24.3 Å². The number of benzene rings is 1. The van der Waals surface area contributed by atoms with Crippen LogP contribution in [0.3, 0.4) is 0 Å². The number of hydrogen-bond donors (Lipinski definition) is 2. The number of hydrogen-bond acceptors (Lipinski definition) is 2. The minimum Gasteiger partial charge on any atom is -0.395 e. The molecule has 1 aromatic rings. The molecule has 0 spiro atoms. The Morgan fingerprint density at radius 1 is 1.44 bits per heavy atom. The molecule has 0 aliphatic heterocycles. The van der Waals surface area contributed by atoms with Gasteiger partial charge in [0.1, 0.15) is 0 Å². The Morgan fingerprint density at radius 2 is 2.06 bits per heavy atom. The molecule has 0 radical (unpaired) electrons. The summed E-state index contributed by atoms with van der Waals surface area (Å²) in [6, 6.07) is 7.19. The van der Waals surface area contributed by atoms with Crippen molar-refractivity contribution in [2.45, 2.75) is 19.4 Å². The highest BCUT2D eigenvalue weighted by Crippen LogP contribution is 2.19. The Morgan fingerprint density at radius 3 is 2.56 bits per heavy atom. The van der Waals surface area contributed by atoms with Crippen molar-refractivity contribution in [2.75, 3.05) is 20.2 Å². The molecule has 1 rings (SSSR count). The van der Waals surface area contributed by atoms with Gasteiger partial charge in [-0.15, -0.1) is 0 Å². The number of aliphatic hydroxyl groups is 1. The van der Waals surface area contributed by atoms with Gasteiger partial charge in [0.2, 0.25) is 0 Å². The largest absolute Gasteiger partial charge is 0.395 e. The lowest BCUT2D eigenvalue weighted by Gasteiger charge is -2.22. The molecule has 100 valence electrons. The smallest absolute Gasteiger partial charge is 0.317 e. The second-order valence-corrected chi connectivity index (χ2v) is 4.54. The van der Waals surface area contributed by atoms with E-state index >= 15 is 0 Å². The van der Waals surface area contributed by atoms with E-state index in [1.165, 1.54) is 4.90 Å². The summed E-state index contributed by atoms with van der Waals surface area (Å²) in [6.45, 7) is 2.29. The summed E-state index contributed by atoms with van der Waals surface area (Å²) in [5.74, 6) is 0. The van der Waals surface area contributed by atoms with Gasteiger partial charge in [-0.05, 0) is 24.1 Å². The van der Waals surface area contributed by atoms with Crippen LogP contribution in [0.1, 0.15) is 24.9 Å². The number of aliphatic hydroxyl groups excluding tert-OH is 1. The number of nitrogens with one attached hydrogen (secondary N) is 1. The normalized spacial score (nSPS) is 12.0. The number of nitrogens with zero attached hydrogens (tertiary/aromatic N) is 1. The third kappa shape index (κ3) is 4.20. The average Bonchev–Trinajstić information content (AvgIpc) is 2.37. The Kier molecular flexibility index (Phi) is 5.95. The highest BCUT2D eigenvalue weighted by Gasteiger charge is 2.15. The first-order valence-electron chi connectivity index (χ1n) is 5.96. The standard InChI is InChI=1S/C13H19ClN2O2/c1-3-12(10-4-6-11(14)7-5-10)15-13(18)16(2)8-9-17/h4-7,12,17H,3,8-9H2,1-2H3,(H,15,18). The predicted molar refractivity (Wildman–Crippen MR) is 72.7 cm³/mol. The number of likely N-dealkylation sites (N-methyl/N-ethyl adjacent to an activating group) is 1. The molecule has 0 bridgehead atoms. The monoisotopic (exact) mass is 270 g/mol. The van der Waals surface area contributed by atoms with Gasteiger partial charge in [0.25, 0.3) is 0 Å². The van der Waals surface area contributed by atoms with Gasteiger partial charge < -0.3 is 15.3 Å². The lowest BCUT2D eigenvalue weighted by molar-refractivity contribution is 0.187. The van der Waals surface area contributed by atoms with Crippen molar-refractivity contribution in [3.05, 3.63) is 34.9 Å². The molecule has 2 amide bonds. The van der Waals surface area contributed by atoms with Crippen LogP contribution in [0.2, 0.25) is 5.02 Å². The van der Waals surface area contributed by atoms with E-state index in [1.54, 1.807) is 7.05 Å².